The monoisotopic (exact) mass is 396 g/mol. The van der Waals surface area contributed by atoms with Gasteiger partial charge in [0.2, 0.25) is 0 Å². The van der Waals surface area contributed by atoms with E-state index in [0.29, 0.717) is 22.6 Å². The summed E-state index contributed by atoms with van der Waals surface area (Å²) in [6.07, 6.45) is -1.07. The lowest BCUT2D eigenvalue weighted by Gasteiger charge is -2.22. The van der Waals surface area contributed by atoms with Gasteiger partial charge < -0.3 is 10.2 Å². The van der Waals surface area contributed by atoms with Gasteiger partial charge in [0.25, 0.3) is 11.8 Å². The van der Waals surface area contributed by atoms with E-state index in [-0.39, 0.29) is 16.3 Å². The van der Waals surface area contributed by atoms with Crippen LogP contribution < -0.4 is 5.43 Å². The molecule has 0 heterocycles. The van der Waals surface area contributed by atoms with E-state index in [0.717, 1.165) is 5.01 Å². The number of hydrazine groups is 1. The highest BCUT2D eigenvalue weighted by atomic mass is 35.5. The molecule has 0 bridgehead atoms. The zero-order valence-electron chi connectivity index (χ0n) is 14.2. The molecule has 2 aromatic rings. The summed E-state index contributed by atoms with van der Waals surface area (Å²) in [4.78, 5) is 24.8. The SMILES string of the molecule is CCc1c(C(=O)N(C)NC(=O)C(O)c2cccc(Cl)c2)ccc(O)c1Cl. The van der Waals surface area contributed by atoms with Crippen LogP contribution in [-0.2, 0) is 11.2 Å². The number of aromatic hydroxyl groups is 1. The first-order chi connectivity index (χ1) is 12.3. The van der Waals surface area contributed by atoms with Gasteiger partial charge >= 0.3 is 0 Å². The predicted molar refractivity (Wildman–Crippen MR) is 99.1 cm³/mol. The van der Waals surface area contributed by atoms with Crippen LogP contribution in [0, 0.1) is 0 Å². The summed E-state index contributed by atoms with van der Waals surface area (Å²) in [5, 5.41) is 21.2. The van der Waals surface area contributed by atoms with Crippen LogP contribution in [0.3, 0.4) is 0 Å². The Morgan fingerprint density at radius 1 is 1.23 bits per heavy atom. The molecule has 8 heteroatoms. The van der Waals surface area contributed by atoms with Crippen molar-refractivity contribution in [2.75, 3.05) is 7.05 Å². The largest absolute Gasteiger partial charge is 0.506 e. The Morgan fingerprint density at radius 2 is 1.92 bits per heavy atom. The van der Waals surface area contributed by atoms with Crippen molar-refractivity contribution in [2.24, 2.45) is 0 Å². The van der Waals surface area contributed by atoms with E-state index in [1.165, 1.54) is 25.2 Å². The van der Waals surface area contributed by atoms with Crippen LogP contribution in [0.15, 0.2) is 36.4 Å². The van der Waals surface area contributed by atoms with Crippen molar-refractivity contribution in [2.45, 2.75) is 19.4 Å². The Hall–Kier alpha value is -2.28. The van der Waals surface area contributed by atoms with Gasteiger partial charge in [0.15, 0.2) is 6.10 Å². The second-order valence-corrected chi connectivity index (χ2v) is 6.39. The van der Waals surface area contributed by atoms with Crippen molar-refractivity contribution in [1.82, 2.24) is 10.4 Å². The Kier molecular flexibility index (Phi) is 6.47. The highest BCUT2D eigenvalue weighted by Gasteiger charge is 2.23. The minimum Gasteiger partial charge on any atom is -0.506 e. The normalized spacial score (nSPS) is 11.7. The molecule has 1 atom stereocenters. The second-order valence-electron chi connectivity index (χ2n) is 5.58. The average molecular weight is 397 g/mol. The standard InChI is InChI=1S/C18H18Cl2N2O4/c1-3-12-13(7-8-14(23)15(12)20)18(26)22(2)21-17(25)16(24)10-5-4-6-11(19)9-10/h4-9,16,23-24H,3H2,1-2H3,(H,21,25). The number of halogens is 2. The summed E-state index contributed by atoms with van der Waals surface area (Å²) in [5.74, 6) is -1.44. The molecule has 0 aromatic heterocycles. The van der Waals surface area contributed by atoms with Gasteiger partial charge in [-0.15, -0.1) is 0 Å². The van der Waals surface area contributed by atoms with Gasteiger partial charge in [-0.05, 0) is 41.8 Å². The van der Waals surface area contributed by atoms with Crippen LogP contribution in [0.25, 0.3) is 0 Å². The summed E-state index contributed by atoms with van der Waals surface area (Å²) in [6.45, 7) is 1.79. The minimum atomic E-state index is -1.49. The summed E-state index contributed by atoms with van der Waals surface area (Å²) in [7, 11) is 1.35. The van der Waals surface area contributed by atoms with E-state index < -0.39 is 17.9 Å². The smallest absolute Gasteiger partial charge is 0.272 e. The number of nitrogens with one attached hydrogen (secondary N) is 1. The number of benzene rings is 2. The molecule has 2 amide bonds. The van der Waals surface area contributed by atoms with Crippen molar-refractivity contribution in [3.63, 3.8) is 0 Å². The number of phenolic OH excluding ortho intramolecular Hbond substituents is 1. The third-order valence-corrected chi connectivity index (χ3v) is 4.46. The van der Waals surface area contributed by atoms with Crippen LogP contribution in [-0.4, -0.2) is 34.1 Å². The predicted octanol–water partition coefficient (Wildman–Crippen LogP) is 3.10. The van der Waals surface area contributed by atoms with Gasteiger partial charge in [-0.25, -0.2) is 0 Å². The summed E-state index contributed by atoms with van der Waals surface area (Å²) < 4.78 is 0. The molecule has 0 aliphatic heterocycles. The maximum absolute atomic E-state index is 12.6. The number of aliphatic hydroxyl groups excluding tert-OH is 1. The molecular weight excluding hydrogens is 379 g/mol. The van der Waals surface area contributed by atoms with Gasteiger partial charge in [0.05, 0.1) is 5.02 Å². The molecule has 0 aliphatic carbocycles. The van der Waals surface area contributed by atoms with Crippen molar-refractivity contribution in [3.05, 3.63) is 63.1 Å². The number of carbonyl (C=O) groups is 2. The summed E-state index contributed by atoms with van der Waals surface area (Å²) in [5.41, 5.74) is 3.34. The highest BCUT2D eigenvalue weighted by Crippen LogP contribution is 2.30. The number of phenols is 1. The molecule has 0 fully saturated rings. The molecule has 2 aromatic carbocycles. The van der Waals surface area contributed by atoms with Gasteiger partial charge in [0.1, 0.15) is 5.75 Å². The molecular formula is C18H18Cl2N2O4. The highest BCUT2D eigenvalue weighted by molar-refractivity contribution is 6.33. The van der Waals surface area contributed by atoms with E-state index in [1.54, 1.807) is 25.1 Å². The molecule has 26 heavy (non-hydrogen) atoms. The van der Waals surface area contributed by atoms with Crippen molar-refractivity contribution in [3.8, 4) is 5.75 Å². The number of hydrogen-bond donors (Lipinski definition) is 3. The molecule has 0 saturated carbocycles. The molecule has 0 spiro atoms. The Labute approximate surface area is 160 Å². The van der Waals surface area contributed by atoms with Crippen molar-refractivity contribution < 1.29 is 19.8 Å². The zero-order valence-corrected chi connectivity index (χ0v) is 15.7. The number of rotatable bonds is 4. The van der Waals surface area contributed by atoms with E-state index in [1.807, 2.05) is 0 Å². The lowest BCUT2D eigenvalue weighted by atomic mass is 10.0. The minimum absolute atomic E-state index is 0.0945. The zero-order chi connectivity index (χ0) is 19.4. The molecule has 6 nitrogen and oxygen atoms in total. The number of hydrogen-bond acceptors (Lipinski definition) is 4. The van der Waals surface area contributed by atoms with Crippen LogP contribution >= 0.6 is 23.2 Å². The van der Waals surface area contributed by atoms with Gasteiger partial charge in [-0.3, -0.25) is 20.0 Å². The fourth-order valence-corrected chi connectivity index (χ4v) is 2.94. The number of nitrogens with zero attached hydrogens (tertiary/aromatic N) is 1. The van der Waals surface area contributed by atoms with Gasteiger partial charge in [0, 0.05) is 17.6 Å². The topological polar surface area (TPSA) is 89.9 Å². The van der Waals surface area contributed by atoms with Crippen molar-refractivity contribution in [1.29, 1.82) is 0 Å². The van der Waals surface area contributed by atoms with Gasteiger partial charge in [-0.1, -0.05) is 42.3 Å². The number of amides is 2. The Bertz CT molecular complexity index is 842. The van der Waals surface area contributed by atoms with Gasteiger partial charge in [-0.2, -0.15) is 0 Å². The first kappa shape index (κ1) is 20.0. The molecule has 0 saturated heterocycles. The third kappa shape index (κ3) is 4.27. The number of carbonyl (C=O) groups excluding carboxylic acids is 2. The van der Waals surface area contributed by atoms with Crippen molar-refractivity contribution >= 4 is 35.0 Å². The Balaban J connectivity index is 2.17. The van der Waals surface area contributed by atoms with E-state index >= 15 is 0 Å². The molecule has 3 N–H and O–H groups in total. The second kappa shape index (κ2) is 8.40. The fraction of sp³-hybridized carbons (Fsp3) is 0.222. The van der Waals surface area contributed by atoms with Crippen LogP contribution in [0.1, 0.15) is 34.5 Å². The average Bonchev–Trinajstić information content (AvgIpc) is 2.62. The molecule has 138 valence electrons. The maximum Gasteiger partial charge on any atom is 0.272 e. The first-order valence-electron chi connectivity index (χ1n) is 7.78. The maximum atomic E-state index is 12.6. The third-order valence-electron chi connectivity index (χ3n) is 3.80. The molecule has 1 unspecified atom stereocenters. The molecule has 0 aliphatic rings. The Morgan fingerprint density at radius 3 is 2.54 bits per heavy atom. The van der Waals surface area contributed by atoms with E-state index in [9.17, 15) is 19.8 Å². The summed E-state index contributed by atoms with van der Waals surface area (Å²) >= 11 is 11.9. The fourth-order valence-electron chi connectivity index (χ4n) is 2.44. The lowest BCUT2D eigenvalue weighted by molar-refractivity contribution is -0.133. The number of aliphatic hydroxyl groups is 1. The summed E-state index contributed by atoms with van der Waals surface area (Å²) in [6, 6.07) is 8.97. The first-order valence-corrected chi connectivity index (χ1v) is 8.54. The van der Waals surface area contributed by atoms with E-state index in [4.69, 9.17) is 23.2 Å². The molecule has 2 rings (SSSR count). The van der Waals surface area contributed by atoms with E-state index in [2.05, 4.69) is 5.43 Å². The lowest BCUT2D eigenvalue weighted by Crippen LogP contribution is -2.45. The van der Waals surface area contributed by atoms with Crippen LogP contribution in [0.2, 0.25) is 10.0 Å². The van der Waals surface area contributed by atoms with Crippen LogP contribution in [0.5, 0.6) is 5.75 Å². The van der Waals surface area contributed by atoms with Crippen LogP contribution in [0.4, 0.5) is 0 Å². The quantitative estimate of drug-likeness (QED) is 0.692. The molecule has 0 radical (unpaired) electrons.